The third kappa shape index (κ3) is 4.31. The van der Waals surface area contributed by atoms with Gasteiger partial charge in [-0.2, -0.15) is 0 Å². The van der Waals surface area contributed by atoms with Crippen molar-refractivity contribution in [2.24, 2.45) is 0 Å². The lowest BCUT2D eigenvalue weighted by Crippen LogP contribution is -2.42. The highest BCUT2D eigenvalue weighted by atomic mass is 32.2. The Morgan fingerprint density at radius 3 is 2.54 bits per heavy atom. The van der Waals surface area contributed by atoms with Crippen LogP contribution in [-0.4, -0.2) is 30.2 Å². The number of nitrogens with one attached hydrogen (secondary N) is 1. The van der Waals surface area contributed by atoms with Crippen molar-refractivity contribution in [2.45, 2.75) is 26.4 Å². The van der Waals surface area contributed by atoms with Gasteiger partial charge < -0.3 is 10.2 Å². The molecular formula is C20H22N2O2S2. The van der Waals surface area contributed by atoms with Gasteiger partial charge in [0.25, 0.3) is 0 Å². The molecule has 1 atom stereocenters. The van der Waals surface area contributed by atoms with Crippen molar-refractivity contribution in [1.29, 1.82) is 0 Å². The average Bonchev–Trinajstić information content (AvgIpc) is 2.97. The first kappa shape index (κ1) is 18.6. The maximum absolute atomic E-state index is 11.9. The molecule has 136 valence electrons. The van der Waals surface area contributed by atoms with Crippen molar-refractivity contribution in [3.05, 3.63) is 76.7 Å². The van der Waals surface area contributed by atoms with Crippen LogP contribution in [0.2, 0.25) is 0 Å². The zero-order chi connectivity index (χ0) is 18.7. The second-order valence-corrected chi connectivity index (χ2v) is 8.83. The Labute approximate surface area is 160 Å². The van der Waals surface area contributed by atoms with Crippen molar-refractivity contribution in [1.82, 2.24) is 4.90 Å². The first-order valence-electron chi connectivity index (χ1n) is 8.44. The highest BCUT2D eigenvalue weighted by Gasteiger charge is 2.29. The quantitative estimate of drug-likeness (QED) is 0.810. The number of benzene rings is 2. The van der Waals surface area contributed by atoms with Gasteiger partial charge in [0.2, 0.25) is 0 Å². The van der Waals surface area contributed by atoms with Crippen molar-refractivity contribution in [2.75, 3.05) is 11.1 Å². The number of nitrogens with zero attached hydrogens (tertiary/aromatic N) is 1. The van der Waals surface area contributed by atoms with Crippen LogP contribution in [0.1, 0.15) is 16.7 Å². The first-order chi connectivity index (χ1) is 12.4. The molecule has 1 N–H and O–H groups in total. The zero-order valence-corrected chi connectivity index (χ0v) is 16.5. The van der Waals surface area contributed by atoms with Gasteiger partial charge in [-0.1, -0.05) is 42.5 Å². The van der Waals surface area contributed by atoms with Gasteiger partial charge in [0.15, 0.2) is 14.9 Å². The van der Waals surface area contributed by atoms with Crippen LogP contribution in [0.25, 0.3) is 0 Å². The predicted octanol–water partition coefficient (Wildman–Crippen LogP) is 3.81. The molecule has 0 fully saturated rings. The molecule has 1 aliphatic heterocycles. The van der Waals surface area contributed by atoms with Crippen LogP contribution < -0.4 is 5.32 Å². The number of rotatable bonds is 4. The Bertz CT molecular complexity index is 938. The molecule has 2 aromatic rings. The van der Waals surface area contributed by atoms with E-state index in [0.717, 1.165) is 16.8 Å². The fraction of sp³-hybridized carbons (Fsp3) is 0.250. The largest absolute Gasteiger partial charge is 0.337 e. The summed E-state index contributed by atoms with van der Waals surface area (Å²) in [5.41, 5.74) is 4.33. The van der Waals surface area contributed by atoms with Crippen LogP contribution in [0.4, 0.5) is 5.69 Å². The standard InChI is InChI=1S/C20H22N2O2S2/c1-15-7-6-10-19(16(15)2)21-20(25)22(13-17-8-4-3-5-9-17)18-11-12-26(23,24)14-18/h3-12,18H,13-14H2,1-2H3,(H,21,25)/t18-/m0/s1. The van der Waals surface area contributed by atoms with E-state index in [2.05, 4.69) is 18.3 Å². The number of anilines is 1. The minimum atomic E-state index is -3.16. The molecule has 3 rings (SSSR count). The molecule has 6 heteroatoms. The number of sulfone groups is 1. The van der Waals surface area contributed by atoms with Gasteiger partial charge in [-0.25, -0.2) is 8.42 Å². The number of hydrogen-bond donors (Lipinski definition) is 1. The maximum Gasteiger partial charge on any atom is 0.174 e. The molecule has 0 aromatic heterocycles. The highest BCUT2D eigenvalue weighted by Crippen LogP contribution is 2.22. The summed E-state index contributed by atoms with van der Waals surface area (Å²) in [6.07, 6.45) is 1.72. The van der Waals surface area contributed by atoms with E-state index in [9.17, 15) is 8.42 Å². The summed E-state index contributed by atoms with van der Waals surface area (Å²) < 4.78 is 23.8. The fourth-order valence-electron chi connectivity index (χ4n) is 2.95. The van der Waals surface area contributed by atoms with Crippen LogP contribution in [0.3, 0.4) is 0 Å². The van der Waals surface area contributed by atoms with Crippen molar-refractivity contribution >= 4 is 32.9 Å². The number of hydrogen-bond acceptors (Lipinski definition) is 3. The van der Waals surface area contributed by atoms with E-state index in [1.54, 1.807) is 6.08 Å². The minimum absolute atomic E-state index is 0.0501. The fourth-order valence-corrected chi connectivity index (χ4v) is 4.56. The van der Waals surface area contributed by atoms with Crippen LogP contribution in [0.15, 0.2) is 60.0 Å². The first-order valence-corrected chi connectivity index (χ1v) is 10.6. The van der Waals surface area contributed by atoms with Gasteiger partial charge in [0, 0.05) is 17.6 Å². The van der Waals surface area contributed by atoms with Gasteiger partial charge in [0.1, 0.15) is 0 Å². The summed E-state index contributed by atoms with van der Waals surface area (Å²) in [6.45, 7) is 4.64. The second-order valence-electron chi connectivity index (χ2n) is 6.52. The van der Waals surface area contributed by atoms with Crippen LogP contribution in [0.5, 0.6) is 0 Å². The third-order valence-corrected chi connectivity index (χ3v) is 6.33. The molecule has 1 heterocycles. The molecule has 0 saturated heterocycles. The van der Waals surface area contributed by atoms with Gasteiger partial charge >= 0.3 is 0 Å². The zero-order valence-electron chi connectivity index (χ0n) is 14.8. The van der Waals surface area contributed by atoms with Crippen LogP contribution >= 0.6 is 12.2 Å². The van der Waals surface area contributed by atoms with E-state index in [1.165, 1.54) is 11.0 Å². The lowest BCUT2D eigenvalue weighted by Gasteiger charge is -2.31. The van der Waals surface area contributed by atoms with E-state index in [4.69, 9.17) is 12.2 Å². The van der Waals surface area contributed by atoms with Gasteiger partial charge in [0.05, 0.1) is 11.8 Å². The van der Waals surface area contributed by atoms with Crippen molar-refractivity contribution in [3.8, 4) is 0 Å². The highest BCUT2D eigenvalue weighted by molar-refractivity contribution is 7.94. The summed E-state index contributed by atoms with van der Waals surface area (Å²) in [5.74, 6) is 0.0501. The van der Waals surface area contributed by atoms with Crippen molar-refractivity contribution < 1.29 is 8.42 Å². The van der Waals surface area contributed by atoms with E-state index in [-0.39, 0.29) is 11.8 Å². The summed E-state index contributed by atoms with van der Waals surface area (Å²) in [7, 11) is -3.16. The normalized spacial score (nSPS) is 17.8. The van der Waals surface area contributed by atoms with Gasteiger partial charge in [-0.3, -0.25) is 0 Å². The lowest BCUT2D eigenvalue weighted by atomic mass is 10.1. The smallest absolute Gasteiger partial charge is 0.174 e. The maximum atomic E-state index is 11.9. The Kier molecular flexibility index (Phi) is 5.44. The SMILES string of the molecule is Cc1cccc(NC(=S)N(Cc2ccccc2)[C@H]2C=CS(=O)(=O)C2)c1C. The molecule has 0 unspecified atom stereocenters. The van der Waals surface area contributed by atoms with E-state index < -0.39 is 9.84 Å². The average molecular weight is 387 g/mol. The third-order valence-electron chi connectivity index (χ3n) is 4.61. The van der Waals surface area contributed by atoms with E-state index in [0.29, 0.717) is 11.7 Å². The molecule has 0 radical (unpaired) electrons. The summed E-state index contributed by atoms with van der Waals surface area (Å²) >= 11 is 5.66. The Morgan fingerprint density at radius 2 is 1.88 bits per heavy atom. The second kappa shape index (κ2) is 7.60. The van der Waals surface area contributed by atoms with Crippen LogP contribution in [0, 0.1) is 13.8 Å². The van der Waals surface area contributed by atoms with Crippen molar-refractivity contribution in [3.63, 3.8) is 0 Å². The summed E-state index contributed by atoms with van der Waals surface area (Å²) in [6, 6.07) is 15.7. The van der Waals surface area contributed by atoms with E-state index >= 15 is 0 Å². The summed E-state index contributed by atoms with van der Waals surface area (Å²) in [4.78, 5) is 1.94. The van der Waals surface area contributed by atoms with E-state index in [1.807, 2.05) is 54.3 Å². The Morgan fingerprint density at radius 1 is 1.15 bits per heavy atom. The monoisotopic (exact) mass is 386 g/mol. The molecule has 0 aliphatic carbocycles. The summed E-state index contributed by atoms with van der Waals surface area (Å²) in [5, 5.41) is 5.11. The molecule has 1 aliphatic rings. The predicted molar refractivity (Wildman–Crippen MR) is 111 cm³/mol. The molecule has 26 heavy (non-hydrogen) atoms. The van der Waals surface area contributed by atoms with Gasteiger partial charge in [-0.05, 0) is 54.9 Å². The molecule has 4 nitrogen and oxygen atoms in total. The molecule has 0 saturated carbocycles. The minimum Gasteiger partial charge on any atom is -0.337 e. The topological polar surface area (TPSA) is 49.4 Å². The van der Waals surface area contributed by atoms with Gasteiger partial charge in [-0.15, -0.1) is 0 Å². The Hall–Kier alpha value is -2.18. The number of aryl methyl sites for hydroxylation is 1. The molecule has 0 spiro atoms. The molecule has 0 bridgehead atoms. The van der Waals surface area contributed by atoms with Crippen LogP contribution in [-0.2, 0) is 16.4 Å². The molecular weight excluding hydrogens is 364 g/mol. The number of thiocarbonyl (C=S) groups is 1. The molecule has 0 amide bonds. The lowest BCUT2D eigenvalue weighted by molar-refractivity contribution is 0.380. The molecule has 2 aromatic carbocycles. The Balaban J connectivity index is 1.86.